The summed E-state index contributed by atoms with van der Waals surface area (Å²) in [5.41, 5.74) is 0.392. The Balaban J connectivity index is 2.94. The SMILES string of the molecule is C=C(C)CCC(O)c1ccc(Br)c(C(F)(F)F)c1. The summed E-state index contributed by atoms with van der Waals surface area (Å²) in [5, 5.41) is 9.83. The smallest absolute Gasteiger partial charge is 0.388 e. The lowest BCUT2D eigenvalue weighted by Gasteiger charge is -2.15. The Kier molecular flexibility index (Phi) is 4.99. The molecule has 100 valence electrons. The minimum Gasteiger partial charge on any atom is -0.388 e. The van der Waals surface area contributed by atoms with Crippen molar-refractivity contribution in [2.45, 2.75) is 32.0 Å². The third kappa shape index (κ3) is 4.14. The van der Waals surface area contributed by atoms with E-state index in [4.69, 9.17) is 0 Å². The molecule has 0 radical (unpaired) electrons. The summed E-state index contributed by atoms with van der Waals surface area (Å²) in [6.45, 7) is 5.51. The zero-order valence-corrected chi connectivity index (χ0v) is 11.5. The topological polar surface area (TPSA) is 20.2 Å². The standard InChI is InChI=1S/C13H14BrF3O/c1-8(2)3-6-12(18)9-4-5-11(14)10(7-9)13(15,16)17/h4-5,7,12,18H,1,3,6H2,2H3. The summed E-state index contributed by atoms with van der Waals surface area (Å²) in [7, 11) is 0. The Hall–Kier alpha value is -0.810. The van der Waals surface area contributed by atoms with E-state index in [9.17, 15) is 18.3 Å². The average molecular weight is 323 g/mol. The Morgan fingerprint density at radius 3 is 2.56 bits per heavy atom. The summed E-state index contributed by atoms with van der Waals surface area (Å²) in [5.74, 6) is 0. The maximum atomic E-state index is 12.7. The second-order valence-electron chi connectivity index (χ2n) is 4.25. The summed E-state index contributed by atoms with van der Waals surface area (Å²) in [6, 6.07) is 3.78. The largest absolute Gasteiger partial charge is 0.417 e. The van der Waals surface area contributed by atoms with Crippen LogP contribution in [0.3, 0.4) is 0 Å². The Morgan fingerprint density at radius 1 is 1.44 bits per heavy atom. The molecule has 0 fully saturated rings. The molecule has 0 amide bonds. The van der Waals surface area contributed by atoms with Crippen LogP contribution in [-0.2, 0) is 6.18 Å². The first-order valence-corrected chi connectivity index (χ1v) is 6.20. The summed E-state index contributed by atoms with van der Waals surface area (Å²) >= 11 is 2.86. The van der Waals surface area contributed by atoms with Crippen LogP contribution >= 0.6 is 15.9 Å². The maximum Gasteiger partial charge on any atom is 0.417 e. The summed E-state index contributed by atoms with van der Waals surface area (Å²) in [6.07, 6.45) is -4.38. The van der Waals surface area contributed by atoms with Crippen LogP contribution in [0.4, 0.5) is 13.2 Å². The fraction of sp³-hybridized carbons (Fsp3) is 0.385. The second-order valence-corrected chi connectivity index (χ2v) is 5.10. The number of allylic oxidation sites excluding steroid dienone is 1. The van der Waals surface area contributed by atoms with Gasteiger partial charge in [-0.3, -0.25) is 0 Å². The van der Waals surface area contributed by atoms with Gasteiger partial charge in [0.2, 0.25) is 0 Å². The van der Waals surface area contributed by atoms with Gasteiger partial charge in [0.1, 0.15) is 0 Å². The third-order valence-electron chi connectivity index (χ3n) is 2.53. The molecule has 5 heteroatoms. The molecule has 0 aliphatic carbocycles. The van der Waals surface area contributed by atoms with E-state index in [0.717, 1.165) is 11.6 Å². The van der Waals surface area contributed by atoms with Gasteiger partial charge in [-0.25, -0.2) is 0 Å². The highest BCUT2D eigenvalue weighted by molar-refractivity contribution is 9.10. The Bertz CT molecular complexity index is 440. The number of hydrogen-bond acceptors (Lipinski definition) is 1. The van der Waals surface area contributed by atoms with Crippen molar-refractivity contribution in [3.8, 4) is 0 Å². The van der Waals surface area contributed by atoms with Crippen molar-refractivity contribution in [1.29, 1.82) is 0 Å². The molecule has 0 aliphatic heterocycles. The molecule has 1 aromatic carbocycles. The molecule has 0 spiro atoms. The lowest BCUT2D eigenvalue weighted by Crippen LogP contribution is -2.08. The van der Waals surface area contributed by atoms with Crippen LogP contribution < -0.4 is 0 Å². The van der Waals surface area contributed by atoms with Gasteiger partial charge < -0.3 is 5.11 Å². The van der Waals surface area contributed by atoms with Crippen molar-refractivity contribution in [2.24, 2.45) is 0 Å². The zero-order chi connectivity index (χ0) is 13.9. The van der Waals surface area contributed by atoms with Crippen molar-refractivity contribution >= 4 is 15.9 Å². The number of benzene rings is 1. The van der Waals surface area contributed by atoms with Crippen molar-refractivity contribution < 1.29 is 18.3 Å². The number of rotatable bonds is 4. The van der Waals surface area contributed by atoms with E-state index in [-0.39, 0.29) is 10.0 Å². The van der Waals surface area contributed by atoms with E-state index in [1.807, 2.05) is 6.92 Å². The molecule has 0 aromatic heterocycles. The third-order valence-corrected chi connectivity index (χ3v) is 3.22. The van der Waals surface area contributed by atoms with Gasteiger partial charge in [0.25, 0.3) is 0 Å². The monoisotopic (exact) mass is 322 g/mol. The molecule has 1 rings (SSSR count). The van der Waals surface area contributed by atoms with Crippen LogP contribution in [0.2, 0.25) is 0 Å². The van der Waals surface area contributed by atoms with Gasteiger partial charge in [0.15, 0.2) is 0 Å². The normalized spacial score (nSPS) is 13.4. The van der Waals surface area contributed by atoms with Gasteiger partial charge in [0, 0.05) is 4.47 Å². The molecular formula is C13H14BrF3O. The molecular weight excluding hydrogens is 309 g/mol. The number of hydrogen-bond donors (Lipinski definition) is 1. The van der Waals surface area contributed by atoms with Gasteiger partial charge in [-0.1, -0.05) is 27.6 Å². The molecule has 0 saturated carbocycles. The van der Waals surface area contributed by atoms with Crippen molar-refractivity contribution in [3.63, 3.8) is 0 Å². The predicted molar refractivity (Wildman–Crippen MR) is 68.2 cm³/mol. The average Bonchev–Trinajstić information content (AvgIpc) is 2.24. The van der Waals surface area contributed by atoms with Crippen LogP contribution in [0.1, 0.15) is 37.0 Å². The van der Waals surface area contributed by atoms with E-state index in [1.165, 1.54) is 12.1 Å². The van der Waals surface area contributed by atoms with Crippen LogP contribution in [0.15, 0.2) is 34.8 Å². The first kappa shape index (κ1) is 15.2. The highest BCUT2D eigenvalue weighted by Gasteiger charge is 2.33. The lowest BCUT2D eigenvalue weighted by molar-refractivity contribution is -0.138. The first-order valence-electron chi connectivity index (χ1n) is 5.41. The number of aliphatic hydroxyl groups excluding tert-OH is 1. The van der Waals surface area contributed by atoms with Gasteiger partial charge in [0.05, 0.1) is 11.7 Å². The molecule has 1 unspecified atom stereocenters. The quantitative estimate of drug-likeness (QED) is 0.785. The molecule has 18 heavy (non-hydrogen) atoms. The molecule has 0 aliphatic rings. The van der Waals surface area contributed by atoms with Crippen molar-refractivity contribution in [3.05, 3.63) is 46.0 Å². The van der Waals surface area contributed by atoms with Gasteiger partial charge >= 0.3 is 6.18 Å². The van der Waals surface area contributed by atoms with E-state index in [2.05, 4.69) is 22.5 Å². The number of alkyl halides is 3. The summed E-state index contributed by atoms with van der Waals surface area (Å²) < 4.78 is 38.0. The highest BCUT2D eigenvalue weighted by atomic mass is 79.9. The molecule has 0 saturated heterocycles. The fourth-order valence-corrected chi connectivity index (χ4v) is 1.99. The van der Waals surface area contributed by atoms with Gasteiger partial charge in [-0.05, 0) is 37.5 Å². The maximum absolute atomic E-state index is 12.7. The van der Waals surface area contributed by atoms with E-state index in [0.29, 0.717) is 12.8 Å². The first-order chi connectivity index (χ1) is 8.21. The molecule has 0 bridgehead atoms. The minimum atomic E-state index is -4.43. The van der Waals surface area contributed by atoms with Gasteiger partial charge in [-0.2, -0.15) is 13.2 Å². The highest BCUT2D eigenvalue weighted by Crippen LogP contribution is 2.36. The van der Waals surface area contributed by atoms with E-state index in [1.54, 1.807) is 0 Å². The van der Waals surface area contributed by atoms with Crippen LogP contribution in [0.25, 0.3) is 0 Å². The Labute approximate surface area is 112 Å². The van der Waals surface area contributed by atoms with Crippen LogP contribution in [0.5, 0.6) is 0 Å². The van der Waals surface area contributed by atoms with E-state index < -0.39 is 17.8 Å². The van der Waals surface area contributed by atoms with E-state index >= 15 is 0 Å². The lowest BCUT2D eigenvalue weighted by atomic mass is 10.0. The summed E-state index contributed by atoms with van der Waals surface area (Å²) in [4.78, 5) is 0. The van der Waals surface area contributed by atoms with Crippen LogP contribution in [-0.4, -0.2) is 5.11 Å². The molecule has 1 nitrogen and oxygen atoms in total. The Morgan fingerprint density at radius 2 is 2.06 bits per heavy atom. The fourth-order valence-electron chi connectivity index (χ4n) is 1.52. The molecule has 1 atom stereocenters. The molecule has 1 N–H and O–H groups in total. The number of aliphatic hydroxyl groups is 1. The zero-order valence-electron chi connectivity index (χ0n) is 9.89. The van der Waals surface area contributed by atoms with Crippen molar-refractivity contribution in [2.75, 3.05) is 0 Å². The molecule has 1 aromatic rings. The second kappa shape index (κ2) is 5.89. The van der Waals surface area contributed by atoms with Crippen molar-refractivity contribution in [1.82, 2.24) is 0 Å². The minimum absolute atomic E-state index is 0.0224. The number of halogens is 4. The van der Waals surface area contributed by atoms with Crippen LogP contribution in [0, 0.1) is 0 Å². The predicted octanol–water partition coefficient (Wildman–Crippen LogP) is 4.86. The van der Waals surface area contributed by atoms with Gasteiger partial charge in [-0.15, -0.1) is 6.58 Å². The molecule has 0 heterocycles.